The molecule has 92 valence electrons. The molecule has 0 fully saturated rings. The molecule has 2 heterocycles. The van der Waals surface area contributed by atoms with Gasteiger partial charge in [-0.25, -0.2) is 0 Å². The van der Waals surface area contributed by atoms with E-state index in [1.54, 1.807) is 11.3 Å². The molecule has 1 aromatic carbocycles. The first-order chi connectivity index (χ1) is 8.65. The second-order valence-corrected chi connectivity index (χ2v) is 5.86. The summed E-state index contributed by atoms with van der Waals surface area (Å²) in [5, 5.41) is 5.06. The lowest BCUT2D eigenvalue weighted by Crippen LogP contribution is -2.14. The van der Waals surface area contributed by atoms with Crippen molar-refractivity contribution in [3.05, 3.63) is 51.2 Å². The molecule has 1 amide bonds. The molecule has 1 unspecified atom stereocenters. The molecule has 18 heavy (non-hydrogen) atoms. The van der Waals surface area contributed by atoms with Gasteiger partial charge in [-0.3, -0.25) is 4.79 Å². The van der Waals surface area contributed by atoms with Gasteiger partial charge in [0.1, 0.15) is 0 Å². The number of hydrogen-bond donors (Lipinski definition) is 1. The molecule has 1 aliphatic rings. The summed E-state index contributed by atoms with van der Waals surface area (Å²) in [5.74, 6) is 0.0978. The van der Waals surface area contributed by atoms with E-state index in [0.29, 0.717) is 0 Å². The number of carbonyl (C=O) groups is 1. The van der Waals surface area contributed by atoms with Crippen molar-refractivity contribution in [1.82, 2.24) is 0 Å². The first kappa shape index (κ1) is 11.5. The summed E-state index contributed by atoms with van der Waals surface area (Å²) in [7, 11) is 0. The lowest BCUT2D eigenvalue weighted by Gasteiger charge is -2.08. The van der Waals surface area contributed by atoms with Gasteiger partial charge in [-0.2, -0.15) is 0 Å². The standard InChI is InChI=1S/C15H15NOS/c1-9-3-4-13-11(7-9)12(15(17)16-13)8-14-10(2)5-6-18-14/h3-7,12H,8H2,1-2H3,(H,16,17). The Kier molecular flexibility index (Phi) is 2.71. The number of rotatable bonds is 2. The van der Waals surface area contributed by atoms with Crippen LogP contribution in [-0.4, -0.2) is 5.91 Å². The molecule has 0 aliphatic carbocycles. The number of carbonyl (C=O) groups excluding carboxylic acids is 1. The highest BCUT2D eigenvalue weighted by molar-refractivity contribution is 7.10. The van der Waals surface area contributed by atoms with Gasteiger partial charge in [-0.1, -0.05) is 17.7 Å². The average Bonchev–Trinajstić information content (AvgIpc) is 2.86. The Balaban J connectivity index is 1.96. The first-order valence-corrected chi connectivity index (χ1v) is 6.97. The van der Waals surface area contributed by atoms with Crippen molar-refractivity contribution in [2.24, 2.45) is 0 Å². The molecule has 0 radical (unpaired) electrons. The fraction of sp³-hybridized carbons (Fsp3) is 0.267. The van der Waals surface area contributed by atoms with Gasteiger partial charge in [0.2, 0.25) is 5.91 Å². The molecule has 2 aromatic rings. The lowest BCUT2D eigenvalue weighted by atomic mass is 9.94. The van der Waals surface area contributed by atoms with Crippen LogP contribution in [-0.2, 0) is 11.2 Å². The minimum atomic E-state index is -0.0303. The number of aryl methyl sites for hydroxylation is 2. The van der Waals surface area contributed by atoms with E-state index in [9.17, 15) is 4.79 Å². The van der Waals surface area contributed by atoms with E-state index in [0.717, 1.165) is 17.7 Å². The number of hydrogen-bond acceptors (Lipinski definition) is 2. The van der Waals surface area contributed by atoms with Gasteiger partial charge in [-0.05, 0) is 48.9 Å². The smallest absolute Gasteiger partial charge is 0.232 e. The van der Waals surface area contributed by atoms with Crippen molar-refractivity contribution in [3.8, 4) is 0 Å². The monoisotopic (exact) mass is 257 g/mol. The fourth-order valence-corrected chi connectivity index (χ4v) is 3.40. The van der Waals surface area contributed by atoms with E-state index in [1.807, 2.05) is 12.1 Å². The van der Waals surface area contributed by atoms with Crippen LogP contribution in [0.5, 0.6) is 0 Å². The molecule has 0 bridgehead atoms. The number of nitrogens with one attached hydrogen (secondary N) is 1. The zero-order valence-electron chi connectivity index (χ0n) is 10.5. The maximum Gasteiger partial charge on any atom is 0.232 e. The quantitative estimate of drug-likeness (QED) is 0.874. The molecule has 1 N–H and O–H groups in total. The summed E-state index contributed by atoms with van der Waals surface area (Å²) in [6.07, 6.45) is 0.811. The predicted octanol–water partition coefficient (Wildman–Crippen LogP) is 3.64. The van der Waals surface area contributed by atoms with Gasteiger partial charge < -0.3 is 5.32 Å². The van der Waals surface area contributed by atoms with Crippen molar-refractivity contribution >= 4 is 22.9 Å². The number of fused-ring (bicyclic) bond motifs is 1. The van der Waals surface area contributed by atoms with Crippen LogP contribution in [0.25, 0.3) is 0 Å². The second kappa shape index (κ2) is 4.25. The molecule has 1 aromatic heterocycles. The topological polar surface area (TPSA) is 29.1 Å². The van der Waals surface area contributed by atoms with Gasteiger partial charge in [0, 0.05) is 10.6 Å². The number of thiophene rings is 1. The molecular formula is C15H15NOS. The Bertz CT molecular complexity index is 615. The highest BCUT2D eigenvalue weighted by atomic mass is 32.1. The minimum absolute atomic E-state index is 0.0303. The third-order valence-electron chi connectivity index (χ3n) is 3.51. The molecule has 0 saturated carbocycles. The van der Waals surface area contributed by atoms with E-state index in [-0.39, 0.29) is 11.8 Å². The average molecular weight is 257 g/mol. The largest absolute Gasteiger partial charge is 0.325 e. The fourth-order valence-electron chi connectivity index (χ4n) is 2.45. The van der Waals surface area contributed by atoms with Crippen LogP contribution >= 0.6 is 11.3 Å². The Morgan fingerprint density at radius 1 is 1.28 bits per heavy atom. The molecular weight excluding hydrogens is 242 g/mol. The van der Waals surface area contributed by atoms with Gasteiger partial charge in [0.25, 0.3) is 0 Å². The summed E-state index contributed by atoms with van der Waals surface area (Å²) < 4.78 is 0. The van der Waals surface area contributed by atoms with E-state index in [4.69, 9.17) is 0 Å². The molecule has 3 heteroatoms. The number of benzene rings is 1. The Morgan fingerprint density at radius 3 is 2.83 bits per heavy atom. The Morgan fingerprint density at radius 2 is 2.11 bits per heavy atom. The summed E-state index contributed by atoms with van der Waals surface area (Å²) in [4.78, 5) is 13.4. The molecule has 2 nitrogen and oxygen atoms in total. The third kappa shape index (κ3) is 1.85. The van der Waals surface area contributed by atoms with Crippen LogP contribution < -0.4 is 5.32 Å². The van der Waals surface area contributed by atoms with Crippen molar-refractivity contribution < 1.29 is 4.79 Å². The Labute approximate surface area is 111 Å². The maximum absolute atomic E-state index is 12.1. The van der Waals surface area contributed by atoms with Crippen LogP contribution in [0.1, 0.15) is 27.5 Å². The minimum Gasteiger partial charge on any atom is -0.325 e. The highest BCUT2D eigenvalue weighted by Gasteiger charge is 2.31. The predicted molar refractivity (Wildman–Crippen MR) is 75.3 cm³/mol. The van der Waals surface area contributed by atoms with E-state index >= 15 is 0 Å². The van der Waals surface area contributed by atoms with E-state index < -0.39 is 0 Å². The first-order valence-electron chi connectivity index (χ1n) is 6.09. The molecule has 0 spiro atoms. The van der Waals surface area contributed by atoms with Crippen molar-refractivity contribution in [2.45, 2.75) is 26.2 Å². The summed E-state index contributed by atoms with van der Waals surface area (Å²) in [5.41, 5.74) is 4.62. The summed E-state index contributed by atoms with van der Waals surface area (Å²) in [6.45, 7) is 4.17. The van der Waals surface area contributed by atoms with E-state index in [2.05, 4.69) is 36.7 Å². The zero-order chi connectivity index (χ0) is 12.7. The number of anilines is 1. The van der Waals surface area contributed by atoms with Crippen molar-refractivity contribution in [3.63, 3.8) is 0 Å². The second-order valence-electron chi connectivity index (χ2n) is 4.86. The third-order valence-corrected chi connectivity index (χ3v) is 4.56. The summed E-state index contributed by atoms with van der Waals surface area (Å²) >= 11 is 1.74. The molecule has 3 rings (SSSR count). The van der Waals surface area contributed by atoms with Crippen LogP contribution in [0.3, 0.4) is 0 Å². The van der Waals surface area contributed by atoms with Crippen LogP contribution in [0.15, 0.2) is 29.6 Å². The molecule has 1 atom stereocenters. The van der Waals surface area contributed by atoms with Gasteiger partial charge in [-0.15, -0.1) is 11.3 Å². The summed E-state index contributed by atoms with van der Waals surface area (Å²) in [6, 6.07) is 8.28. The lowest BCUT2D eigenvalue weighted by molar-refractivity contribution is -0.117. The maximum atomic E-state index is 12.1. The van der Waals surface area contributed by atoms with Gasteiger partial charge in [0.15, 0.2) is 0 Å². The van der Waals surface area contributed by atoms with Crippen LogP contribution in [0.2, 0.25) is 0 Å². The van der Waals surface area contributed by atoms with Gasteiger partial charge >= 0.3 is 0 Å². The molecule has 1 aliphatic heterocycles. The Hall–Kier alpha value is -1.61. The highest BCUT2D eigenvalue weighted by Crippen LogP contribution is 2.36. The zero-order valence-corrected chi connectivity index (χ0v) is 11.3. The normalized spacial score (nSPS) is 17.7. The van der Waals surface area contributed by atoms with Crippen LogP contribution in [0, 0.1) is 13.8 Å². The number of amides is 1. The SMILES string of the molecule is Cc1ccc2c(c1)C(Cc1sccc1C)C(=O)N2. The van der Waals surface area contributed by atoms with Gasteiger partial charge in [0.05, 0.1) is 5.92 Å². The van der Waals surface area contributed by atoms with E-state index in [1.165, 1.54) is 16.0 Å². The molecule has 0 saturated heterocycles. The van der Waals surface area contributed by atoms with Crippen molar-refractivity contribution in [2.75, 3.05) is 5.32 Å². The van der Waals surface area contributed by atoms with Crippen molar-refractivity contribution in [1.29, 1.82) is 0 Å². The van der Waals surface area contributed by atoms with Crippen LogP contribution in [0.4, 0.5) is 5.69 Å².